The summed E-state index contributed by atoms with van der Waals surface area (Å²) in [6.07, 6.45) is 5.59. The monoisotopic (exact) mass is 382 g/mol. The van der Waals surface area contributed by atoms with Crippen LogP contribution in [0.4, 0.5) is 5.95 Å². The summed E-state index contributed by atoms with van der Waals surface area (Å²) >= 11 is 0. The lowest BCUT2D eigenvalue weighted by atomic mass is 10.1. The van der Waals surface area contributed by atoms with Crippen LogP contribution in [0.3, 0.4) is 0 Å². The smallest absolute Gasteiger partial charge is 0.240 e. The van der Waals surface area contributed by atoms with Crippen LogP contribution in [0.1, 0.15) is 11.3 Å². The first-order valence-corrected chi connectivity index (χ1v) is 9.18. The number of aryl methyl sites for hydroxylation is 1. The molecule has 2 N–H and O–H groups in total. The highest BCUT2D eigenvalue weighted by Crippen LogP contribution is 2.28. The minimum absolute atomic E-state index is 0.224. The van der Waals surface area contributed by atoms with Crippen molar-refractivity contribution in [1.82, 2.24) is 34.6 Å². The standard InChI is InChI=1S/C21H18N8/c1-14-7-17(10-23-26-14)19-8-16(9-20-25-21(22)27-29(19)20)18-11-24-28(13-18)12-15-5-3-2-4-6-15/h2-11,13H,12H2,1H3,(H2,22,27). The molecule has 0 saturated carbocycles. The van der Waals surface area contributed by atoms with E-state index in [-0.39, 0.29) is 5.95 Å². The summed E-state index contributed by atoms with van der Waals surface area (Å²) in [6, 6.07) is 16.2. The maximum absolute atomic E-state index is 5.86. The Bertz CT molecular complexity index is 1300. The number of nitrogen functional groups attached to an aromatic ring is 1. The largest absolute Gasteiger partial charge is 0.366 e. The van der Waals surface area contributed by atoms with E-state index in [0.717, 1.165) is 28.1 Å². The van der Waals surface area contributed by atoms with E-state index >= 15 is 0 Å². The molecule has 8 nitrogen and oxygen atoms in total. The van der Waals surface area contributed by atoms with Gasteiger partial charge in [-0.15, -0.1) is 5.10 Å². The maximum Gasteiger partial charge on any atom is 0.240 e. The third-order valence-corrected chi connectivity index (χ3v) is 4.68. The molecule has 4 aromatic heterocycles. The number of nitrogens with zero attached hydrogens (tertiary/aromatic N) is 7. The molecule has 0 radical (unpaired) electrons. The average Bonchev–Trinajstić information content (AvgIpc) is 3.33. The third-order valence-electron chi connectivity index (χ3n) is 4.68. The molecule has 0 atom stereocenters. The Morgan fingerprint density at radius 2 is 1.83 bits per heavy atom. The number of benzene rings is 1. The quantitative estimate of drug-likeness (QED) is 0.513. The van der Waals surface area contributed by atoms with Crippen molar-refractivity contribution in [2.45, 2.75) is 13.5 Å². The number of nitrogens with two attached hydrogens (primary N) is 1. The Kier molecular flexibility index (Phi) is 4.02. The van der Waals surface area contributed by atoms with E-state index in [1.807, 2.05) is 60.4 Å². The van der Waals surface area contributed by atoms with E-state index in [4.69, 9.17) is 5.73 Å². The van der Waals surface area contributed by atoms with Crippen LogP contribution in [-0.4, -0.2) is 34.6 Å². The zero-order valence-corrected chi connectivity index (χ0v) is 15.8. The molecule has 0 aliphatic rings. The molecule has 5 rings (SSSR count). The van der Waals surface area contributed by atoms with E-state index in [1.54, 1.807) is 10.7 Å². The molecule has 0 aliphatic heterocycles. The van der Waals surface area contributed by atoms with Crippen molar-refractivity contribution in [1.29, 1.82) is 0 Å². The minimum atomic E-state index is 0.224. The molecule has 0 unspecified atom stereocenters. The predicted octanol–water partition coefficient (Wildman–Crippen LogP) is 2.99. The van der Waals surface area contributed by atoms with Gasteiger partial charge in [0, 0.05) is 17.3 Å². The molecule has 29 heavy (non-hydrogen) atoms. The Hall–Kier alpha value is -4.07. The fourth-order valence-electron chi connectivity index (χ4n) is 3.36. The molecular formula is C21H18N8. The zero-order chi connectivity index (χ0) is 19.8. The first kappa shape index (κ1) is 17.1. The molecule has 1 aromatic carbocycles. The van der Waals surface area contributed by atoms with Crippen LogP contribution >= 0.6 is 0 Å². The number of hydrogen-bond acceptors (Lipinski definition) is 6. The Labute approximate surface area is 166 Å². The van der Waals surface area contributed by atoms with Gasteiger partial charge in [0.1, 0.15) is 0 Å². The van der Waals surface area contributed by atoms with Gasteiger partial charge >= 0.3 is 0 Å². The average molecular weight is 382 g/mol. The van der Waals surface area contributed by atoms with Crippen LogP contribution in [0, 0.1) is 6.92 Å². The first-order valence-electron chi connectivity index (χ1n) is 9.18. The maximum atomic E-state index is 5.86. The van der Waals surface area contributed by atoms with Gasteiger partial charge in [0.25, 0.3) is 0 Å². The second-order valence-corrected chi connectivity index (χ2v) is 6.87. The van der Waals surface area contributed by atoms with Crippen LogP contribution in [0.5, 0.6) is 0 Å². The summed E-state index contributed by atoms with van der Waals surface area (Å²) in [5.74, 6) is 0.224. The fourth-order valence-corrected chi connectivity index (χ4v) is 3.36. The normalized spacial score (nSPS) is 11.2. The van der Waals surface area contributed by atoms with Gasteiger partial charge in [0.15, 0.2) is 5.65 Å². The number of fused-ring (bicyclic) bond motifs is 1. The van der Waals surface area contributed by atoms with Crippen molar-refractivity contribution in [3.05, 3.63) is 78.4 Å². The molecule has 0 amide bonds. The van der Waals surface area contributed by atoms with Crippen molar-refractivity contribution < 1.29 is 0 Å². The first-order chi connectivity index (χ1) is 14.2. The summed E-state index contributed by atoms with van der Waals surface area (Å²) in [4.78, 5) is 4.35. The number of hydrogen-bond donors (Lipinski definition) is 1. The molecule has 8 heteroatoms. The minimum Gasteiger partial charge on any atom is -0.366 e. The molecular weight excluding hydrogens is 364 g/mol. The Morgan fingerprint density at radius 1 is 0.966 bits per heavy atom. The Balaban J connectivity index is 1.59. The highest BCUT2D eigenvalue weighted by Gasteiger charge is 2.13. The second-order valence-electron chi connectivity index (χ2n) is 6.87. The second kappa shape index (κ2) is 6.83. The van der Waals surface area contributed by atoms with Crippen molar-refractivity contribution in [2.75, 3.05) is 5.73 Å². The number of rotatable bonds is 4. The van der Waals surface area contributed by atoms with Gasteiger partial charge in [0.05, 0.1) is 30.3 Å². The van der Waals surface area contributed by atoms with Gasteiger partial charge in [-0.2, -0.15) is 20.3 Å². The topological polar surface area (TPSA) is 99.8 Å². The number of anilines is 1. The Morgan fingerprint density at radius 3 is 2.66 bits per heavy atom. The van der Waals surface area contributed by atoms with Gasteiger partial charge in [-0.25, -0.2) is 4.52 Å². The van der Waals surface area contributed by atoms with Gasteiger partial charge < -0.3 is 5.73 Å². The molecule has 0 spiro atoms. The highest BCUT2D eigenvalue weighted by molar-refractivity contribution is 5.74. The van der Waals surface area contributed by atoms with Crippen molar-refractivity contribution >= 4 is 11.6 Å². The van der Waals surface area contributed by atoms with Crippen molar-refractivity contribution in [3.8, 4) is 22.4 Å². The summed E-state index contributed by atoms with van der Waals surface area (Å²) in [5, 5.41) is 17.0. The molecule has 4 heterocycles. The van der Waals surface area contributed by atoms with Crippen molar-refractivity contribution in [2.24, 2.45) is 0 Å². The predicted molar refractivity (Wildman–Crippen MR) is 110 cm³/mol. The van der Waals surface area contributed by atoms with Crippen molar-refractivity contribution in [3.63, 3.8) is 0 Å². The molecule has 0 saturated heterocycles. The lowest BCUT2D eigenvalue weighted by Gasteiger charge is -2.07. The summed E-state index contributed by atoms with van der Waals surface area (Å²) in [6.45, 7) is 2.61. The van der Waals surface area contributed by atoms with Crippen LogP contribution in [0.2, 0.25) is 0 Å². The van der Waals surface area contributed by atoms with E-state index in [2.05, 4.69) is 37.5 Å². The molecule has 0 fully saturated rings. The van der Waals surface area contributed by atoms with Gasteiger partial charge in [-0.1, -0.05) is 30.3 Å². The third kappa shape index (κ3) is 3.31. The van der Waals surface area contributed by atoms with Crippen LogP contribution in [0.25, 0.3) is 28.0 Å². The fraction of sp³-hybridized carbons (Fsp3) is 0.0952. The van der Waals surface area contributed by atoms with Crippen LogP contribution < -0.4 is 5.73 Å². The summed E-state index contributed by atoms with van der Waals surface area (Å²) < 4.78 is 3.65. The molecule has 0 bridgehead atoms. The van der Waals surface area contributed by atoms with E-state index in [9.17, 15) is 0 Å². The van der Waals surface area contributed by atoms with E-state index < -0.39 is 0 Å². The van der Waals surface area contributed by atoms with E-state index in [0.29, 0.717) is 12.2 Å². The number of aromatic nitrogens is 7. The van der Waals surface area contributed by atoms with Crippen LogP contribution in [-0.2, 0) is 6.54 Å². The zero-order valence-electron chi connectivity index (χ0n) is 15.8. The summed E-state index contributed by atoms with van der Waals surface area (Å²) in [7, 11) is 0. The lowest BCUT2D eigenvalue weighted by Crippen LogP contribution is -1.99. The molecule has 142 valence electrons. The highest BCUT2D eigenvalue weighted by atomic mass is 15.3. The summed E-state index contributed by atoms with van der Waals surface area (Å²) in [5.41, 5.74) is 12.3. The van der Waals surface area contributed by atoms with E-state index in [1.165, 1.54) is 5.56 Å². The van der Waals surface area contributed by atoms with Gasteiger partial charge in [-0.05, 0) is 36.2 Å². The molecule has 0 aliphatic carbocycles. The molecule has 5 aromatic rings. The van der Waals surface area contributed by atoms with Crippen LogP contribution in [0.15, 0.2) is 67.1 Å². The lowest BCUT2D eigenvalue weighted by molar-refractivity contribution is 0.687. The van der Waals surface area contributed by atoms with Gasteiger partial charge in [-0.3, -0.25) is 4.68 Å². The number of pyridine rings is 1. The SMILES string of the molecule is Cc1cc(-c2cc(-c3cnn(Cc4ccccc4)c3)cc3nc(N)nn23)cnn1. The van der Waals surface area contributed by atoms with Gasteiger partial charge in [0.2, 0.25) is 5.95 Å².